The number of hydrogen-bond donors (Lipinski definition) is 0. The molecule has 0 radical (unpaired) electrons. The first kappa shape index (κ1) is 23.7. The fourth-order valence-corrected chi connectivity index (χ4v) is 5.91. The van der Waals surface area contributed by atoms with E-state index < -0.39 is 9.84 Å². The van der Waals surface area contributed by atoms with Crippen LogP contribution in [0, 0.1) is 6.92 Å². The zero-order valence-corrected chi connectivity index (χ0v) is 20.3. The third-order valence-corrected chi connectivity index (χ3v) is 8.15. The number of benzene rings is 1. The molecule has 2 aromatic rings. The summed E-state index contributed by atoms with van der Waals surface area (Å²) in [6.45, 7) is 9.39. The molecule has 0 bridgehead atoms. The Balaban J connectivity index is 1.58. The van der Waals surface area contributed by atoms with Gasteiger partial charge in [-0.25, -0.2) is 8.42 Å². The molecule has 0 saturated carbocycles. The maximum Gasteiger partial charge on any atom is 0.236 e. The highest BCUT2D eigenvalue weighted by Crippen LogP contribution is 2.36. The monoisotopic (exact) mass is 492 g/mol. The van der Waals surface area contributed by atoms with Gasteiger partial charge in [-0.2, -0.15) is 4.98 Å². The molecule has 4 heterocycles. The van der Waals surface area contributed by atoms with Crippen molar-refractivity contribution < 1.29 is 27.0 Å². The van der Waals surface area contributed by atoms with Gasteiger partial charge >= 0.3 is 0 Å². The molecule has 3 aliphatic rings. The molecule has 0 unspecified atom stereocenters. The summed E-state index contributed by atoms with van der Waals surface area (Å²) in [5.41, 5.74) is 0.993. The number of aromatic nitrogens is 1. The number of sulfone groups is 1. The van der Waals surface area contributed by atoms with Crippen molar-refractivity contribution in [2.24, 2.45) is 0 Å². The number of rotatable bonds is 6. The van der Waals surface area contributed by atoms with E-state index in [4.69, 9.17) is 23.6 Å². The van der Waals surface area contributed by atoms with Crippen LogP contribution >= 0.6 is 0 Å². The van der Waals surface area contributed by atoms with Crippen LogP contribution in [-0.2, 0) is 24.0 Å². The van der Waals surface area contributed by atoms with Crippen LogP contribution in [-0.4, -0.2) is 102 Å². The Morgan fingerprint density at radius 2 is 1.29 bits per heavy atom. The molecule has 0 N–H and O–H groups in total. The van der Waals surface area contributed by atoms with E-state index in [1.54, 1.807) is 24.3 Å². The lowest BCUT2D eigenvalue weighted by Gasteiger charge is -2.40. The molecule has 3 saturated heterocycles. The van der Waals surface area contributed by atoms with Gasteiger partial charge in [0.2, 0.25) is 26.6 Å². The maximum atomic E-state index is 13.7. The van der Waals surface area contributed by atoms with Crippen molar-refractivity contribution in [3.05, 3.63) is 35.7 Å². The second kappa shape index (κ2) is 10.3. The molecule has 3 aliphatic heterocycles. The van der Waals surface area contributed by atoms with Crippen LogP contribution in [0.25, 0.3) is 0 Å². The Bertz CT molecular complexity index is 1040. The first-order valence-corrected chi connectivity index (χ1v) is 13.3. The van der Waals surface area contributed by atoms with Crippen LogP contribution in [0.2, 0.25) is 0 Å². The number of nitrogens with zero attached hydrogens (tertiary/aromatic N) is 4. The number of morpholine rings is 3. The average molecular weight is 493 g/mol. The highest BCUT2D eigenvalue weighted by atomic mass is 32.2. The van der Waals surface area contributed by atoms with Crippen molar-refractivity contribution in [3.8, 4) is 0 Å². The van der Waals surface area contributed by atoms with Crippen LogP contribution < -0.4 is 4.90 Å². The summed E-state index contributed by atoms with van der Waals surface area (Å²) in [5, 5.41) is -0.0280. The standard InChI is InChI=1S/C23H32N4O6S/c1-18-2-4-19(5-3-18)34(28,29)21-23(27-10-16-32-17-11-27)33-20(24-21)22(25-6-12-30-13-7-25)26-8-14-31-15-9-26/h2-5,22H,6-17H2,1H3. The summed E-state index contributed by atoms with van der Waals surface area (Å²) in [5.74, 6) is 0.696. The van der Waals surface area contributed by atoms with Crippen LogP contribution in [0.1, 0.15) is 17.6 Å². The van der Waals surface area contributed by atoms with Crippen molar-refractivity contribution in [3.63, 3.8) is 0 Å². The lowest BCUT2D eigenvalue weighted by Crippen LogP contribution is -2.50. The zero-order valence-electron chi connectivity index (χ0n) is 19.5. The largest absolute Gasteiger partial charge is 0.420 e. The Labute approximate surface area is 200 Å². The number of aryl methyl sites for hydroxylation is 1. The van der Waals surface area contributed by atoms with Gasteiger partial charge in [0.05, 0.1) is 44.5 Å². The van der Waals surface area contributed by atoms with Crippen LogP contribution in [0.3, 0.4) is 0 Å². The summed E-state index contributed by atoms with van der Waals surface area (Å²) in [7, 11) is -3.88. The predicted molar refractivity (Wildman–Crippen MR) is 124 cm³/mol. The van der Waals surface area contributed by atoms with Gasteiger partial charge in [0.25, 0.3) is 0 Å². The van der Waals surface area contributed by atoms with E-state index in [1.165, 1.54) is 0 Å². The molecular formula is C23H32N4O6S. The van der Waals surface area contributed by atoms with Gasteiger partial charge in [0.15, 0.2) is 0 Å². The van der Waals surface area contributed by atoms with Crippen LogP contribution in [0.4, 0.5) is 5.88 Å². The van der Waals surface area contributed by atoms with E-state index in [9.17, 15) is 8.42 Å². The van der Waals surface area contributed by atoms with E-state index in [-0.39, 0.29) is 16.1 Å². The summed E-state index contributed by atoms with van der Waals surface area (Å²) >= 11 is 0. The molecule has 0 amide bonds. The Morgan fingerprint density at radius 3 is 1.82 bits per heavy atom. The summed E-state index contributed by atoms with van der Waals surface area (Å²) < 4.78 is 50.5. The van der Waals surface area contributed by atoms with Gasteiger partial charge in [-0.1, -0.05) is 17.7 Å². The van der Waals surface area contributed by atoms with Gasteiger partial charge in [0.1, 0.15) is 6.17 Å². The highest BCUT2D eigenvalue weighted by molar-refractivity contribution is 7.91. The molecule has 34 heavy (non-hydrogen) atoms. The summed E-state index contributed by atoms with van der Waals surface area (Å²) in [4.78, 5) is 11.4. The number of hydrogen-bond acceptors (Lipinski definition) is 10. The predicted octanol–water partition coefficient (Wildman–Crippen LogP) is 1.32. The zero-order chi connectivity index (χ0) is 23.5. The number of oxazole rings is 1. The molecular weight excluding hydrogens is 460 g/mol. The Hall–Kier alpha value is -2.02. The van der Waals surface area contributed by atoms with Gasteiger partial charge in [0, 0.05) is 39.3 Å². The second-order valence-electron chi connectivity index (χ2n) is 8.75. The molecule has 1 aromatic carbocycles. The van der Waals surface area contributed by atoms with E-state index in [1.807, 2.05) is 11.8 Å². The fourth-order valence-electron chi connectivity index (χ4n) is 4.58. The Morgan fingerprint density at radius 1 is 0.794 bits per heavy atom. The number of ether oxygens (including phenoxy) is 3. The van der Waals surface area contributed by atoms with Crippen LogP contribution in [0.5, 0.6) is 0 Å². The van der Waals surface area contributed by atoms with E-state index >= 15 is 0 Å². The van der Waals surface area contributed by atoms with Crippen molar-refractivity contribution in [1.29, 1.82) is 0 Å². The highest BCUT2D eigenvalue weighted by Gasteiger charge is 2.38. The SMILES string of the molecule is Cc1ccc(S(=O)(=O)c2nc(C(N3CCOCC3)N3CCOCC3)oc2N2CCOCC2)cc1. The number of anilines is 1. The molecule has 0 aliphatic carbocycles. The molecule has 10 nitrogen and oxygen atoms in total. The molecule has 186 valence electrons. The normalized spacial score (nSPS) is 21.3. The van der Waals surface area contributed by atoms with Crippen molar-refractivity contribution in [1.82, 2.24) is 14.8 Å². The van der Waals surface area contributed by atoms with Crippen molar-refractivity contribution in [2.45, 2.75) is 23.0 Å². The van der Waals surface area contributed by atoms with Crippen LogP contribution in [0.15, 0.2) is 38.6 Å². The van der Waals surface area contributed by atoms with Gasteiger partial charge in [-0.15, -0.1) is 0 Å². The topological polar surface area (TPSA) is 97.6 Å². The van der Waals surface area contributed by atoms with Crippen molar-refractivity contribution in [2.75, 3.05) is 83.8 Å². The summed E-state index contributed by atoms with van der Waals surface area (Å²) in [6.07, 6.45) is -0.283. The first-order chi connectivity index (χ1) is 16.5. The molecule has 11 heteroatoms. The smallest absolute Gasteiger partial charge is 0.236 e. The van der Waals surface area contributed by atoms with Crippen molar-refractivity contribution >= 4 is 15.7 Å². The fraction of sp³-hybridized carbons (Fsp3) is 0.609. The van der Waals surface area contributed by atoms with E-state index in [2.05, 4.69) is 9.80 Å². The third-order valence-electron chi connectivity index (χ3n) is 6.48. The average Bonchev–Trinajstić information content (AvgIpc) is 3.32. The minimum atomic E-state index is -3.88. The van der Waals surface area contributed by atoms with Gasteiger partial charge in [-0.05, 0) is 19.1 Å². The minimum absolute atomic E-state index is 0.0280. The van der Waals surface area contributed by atoms with E-state index in [0.717, 1.165) is 31.7 Å². The molecule has 0 atom stereocenters. The summed E-state index contributed by atoms with van der Waals surface area (Å²) in [6, 6.07) is 6.85. The molecule has 0 spiro atoms. The Kier molecular flexibility index (Phi) is 7.19. The quantitative estimate of drug-likeness (QED) is 0.587. The maximum absolute atomic E-state index is 13.7. The minimum Gasteiger partial charge on any atom is -0.420 e. The lowest BCUT2D eigenvalue weighted by atomic mass is 10.2. The lowest BCUT2D eigenvalue weighted by molar-refractivity contribution is -0.0760. The molecule has 1 aromatic heterocycles. The third kappa shape index (κ3) is 4.86. The van der Waals surface area contributed by atoms with Gasteiger partial charge in [-0.3, -0.25) is 9.80 Å². The molecule has 3 fully saturated rings. The first-order valence-electron chi connectivity index (χ1n) is 11.8. The van der Waals surface area contributed by atoms with E-state index in [0.29, 0.717) is 64.5 Å². The second-order valence-corrected chi connectivity index (χ2v) is 10.6. The molecule has 5 rings (SSSR count). The van der Waals surface area contributed by atoms with Gasteiger partial charge < -0.3 is 23.5 Å².